The van der Waals surface area contributed by atoms with Crippen molar-refractivity contribution in [3.05, 3.63) is 65.2 Å². The number of carboxylic acid groups (broad SMARTS) is 1. The summed E-state index contributed by atoms with van der Waals surface area (Å²) >= 11 is 0. The van der Waals surface area contributed by atoms with Crippen molar-refractivity contribution in [2.45, 2.75) is 25.3 Å². The second-order valence-corrected chi connectivity index (χ2v) is 7.77. The van der Waals surface area contributed by atoms with Crippen LogP contribution < -0.4 is 4.90 Å². The lowest BCUT2D eigenvalue weighted by Gasteiger charge is -2.33. The van der Waals surface area contributed by atoms with Gasteiger partial charge in [0.15, 0.2) is 0 Å². The first-order valence-corrected chi connectivity index (χ1v) is 10.2. The fourth-order valence-corrected chi connectivity index (χ4v) is 4.33. The number of morpholine rings is 1. The monoisotopic (exact) mass is 380 g/mol. The number of carboxylic acids is 1. The first-order valence-electron chi connectivity index (χ1n) is 10.2. The zero-order valence-corrected chi connectivity index (χ0v) is 16.2. The third-order valence-corrected chi connectivity index (χ3v) is 5.80. The Morgan fingerprint density at radius 2 is 1.89 bits per heavy atom. The molecule has 2 aliphatic rings. The van der Waals surface area contributed by atoms with Gasteiger partial charge in [-0.15, -0.1) is 0 Å². The summed E-state index contributed by atoms with van der Waals surface area (Å²) in [6.45, 7) is 6.51. The Morgan fingerprint density at radius 3 is 2.71 bits per heavy atom. The van der Waals surface area contributed by atoms with Crippen LogP contribution in [-0.2, 0) is 11.3 Å². The van der Waals surface area contributed by atoms with Crippen LogP contribution in [0.15, 0.2) is 48.5 Å². The van der Waals surface area contributed by atoms with Gasteiger partial charge in [0.05, 0.1) is 18.8 Å². The molecule has 2 aromatic carbocycles. The second kappa shape index (κ2) is 8.76. The molecule has 5 nitrogen and oxygen atoms in total. The lowest BCUT2D eigenvalue weighted by molar-refractivity contribution is 0.0696. The van der Waals surface area contributed by atoms with E-state index in [2.05, 4.69) is 40.1 Å². The summed E-state index contributed by atoms with van der Waals surface area (Å²) in [5, 5.41) is 9.27. The van der Waals surface area contributed by atoms with Crippen molar-refractivity contribution in [3.8, 4) is 0 Å². The van der Waals surface area contributed by atoms with E-state index in [0.717, 1.165) is 64.3 Å². The number of ether oxygens (including phenoxy) is 1. The van der Waals surface area contributed by atoms with Gasteiger partial charge in [0.1, 0.15) is 0 Å². The highest BCUT2D eigenvalue weighted by atomic mass is 16.5. The molecule has 0 spiro atoms. The molecule has 0 amide bonds. The van der Waals surface area contributed by atoms with Crippen molar-refractivity contribution >= 4 is 11.7 Å². The Hall–Kier alpha value is -2.37. The largest absolute Gasteiger partial charge is 0.478 e. The van der Waals surface area contributed by atoms with Crippen LogP contribution >= 0.6 is 0 Å². The van der Waals surface area contributed by atoms with Crippen LogP contribution in [0.4, 0.5) is 5.69 Å². The molecule has 1 N–H and O–H groups in total. The van der Waals surface area contributed by atoms with E-state index >= 15 is 0 Å². The van der Waals surface area contributed by atoms with E-state index in [1.54, 1.807) is 6.07 Å². The maximum absolute atomic E-state index is 11.3. The summed E-state index contributed by atoms with van der Waals surface area (Å²) in [5.74, 6) is -0.454. The summed E-state index contributed by atoms with van der Waals surface area (Å²) in [7, 11) is 0. The average molecular weight is 380 g/mol. The number of rotatable bonds is 5. The molecule has 0 aliphatic carbocycles. The van der Waals surface area contributed by atoms with E-state index in [4.69, 9.17) is 4.74 Å². The smallest absolute Gasteiger partial charge is 0.335 e. The van der Waals surface area contributed by atoms with Crippen molar-refractivity contribution < 1.29 is 14.6 Å². The first-order chi connectivity index (χ1) is 13.7. The lowest BCUT2D eigenvalue weighted by atomic mass is 9.89. The Kier molecular flexibility index (Phi) is 5.93. The average Bonchev–Trinajstić information content (AvgIpc) is 2.75. The number of aromatic carboxylic acids is 1. The van der Waals surface area contributed by atoms with Crippen molar-refractivity contribution in [1.29, 1.82) is 0 Å². The highest BCUT2D eigenvalue weighted by Gasteiger charge is 2.22. The molecule has 2 heterocycles. The predicted molar refractivity (Wildman–Crippen MR) is 110 cm³/mol. The van der Waals surface area contributed by atoms with Crippen molar-refractivity contribution in [2.75, 3.05) is 44.3 Å². The summed E-state index contributed by atoms with van der Waals surface area (Å²) in [6, 6.07) is 16.3. The Bertz CT molecular complexity index is 817. The lowest BCUT2D eigenvalue weighted by Crippen LogP contribution is -2.36. The fourth-order valence-electron chi connectivity index (χ4n) is 4.33. The molecule has 2 aliphatic heterocycles. The molecule has 1 atom stereocenters. The normalized spacial score (nSPS) is 20.9. The van der Waals surface area contributed by atoms with Crippen LogP contribution in [0.5, 0.6) is 0 Å². The van der Waals surface area contributed by atoms with Crippen LogP contribution in [0.3, 0.4) is 0 Å². The van der Waals surface area contributed by atoms with E-state index in [-0.39, 0.29) is 0 Å². The Labute approximate surface area is 166 Å². The summed E-state index contributed by atoms with van der Waals surface area (Å²) in [6.07, 6.45) is 2.26. The van der Waals surface area contributed by atoms with Crippen LogP contribution in [0, 0.1) is 0 Å². The minimum atomic E-state index is -0.852. The Morgan fingerprint density at radius 1 is 1.07 bits per heavy atom. The van der Waals surface area contributed by atoms with Gasteiger partial charge < -0.3 is 14.7 Å². The zero-order valence-electron chi connectivity index (χ0n) is 16.2. The van der Waals surface area contributed by atoms with E-state index in [0.29, 0.717) is 11.5 Å². The number of hydrogen-bond donors (Lipinski definition) is 1. The summed E-state index contributed by atoms with van der Waals surface area (Å²) in [4.78, 5) is 16.2. The molecule has 5 heteroatoms. The number of hydrogen-bond acceptors (Lipinski definition) is 4. The molecular formula is C23H28N2O3. The molecule has 2 aromatic rings. The van der Waals surface area contributed by atoms with Crippen LogP contribution in [0.25, 0.3) is 0 Å². The third kappa shape index (κ3) is 4.54. The minimum Gasteiger partial charge on any atom is -0.478 e. The van der Waals surface area contributed by atoms with Gasteiger partial charge in [0.2, 0.25) is 0 Å². The van der Waals surface area contributed by atoms with Gasteiger partial charge in [-0.3, -0.25) is 4.90 Å². The summed E-state index contributed by atoms with van der Waals surface area (Å²) < 4.78 is 5.46. The minimum absolute atomic E-state index is 0.382. The van der Waals surface area contributed by atoms with E-state index in [9.17, 15) is 9.90 Å². The van der Waals surface area contributed by atoms with Gasteiger partial charge >= 0.3 is 5.97 Å². The highest BCUT2D eigenvalue weighted by molar-refractivity contribution is 5.87. The summed E-state index contributed by atoms with van der Waals surface area (Å²) in [5.41, 5.74) is 4.15. The predicted octanol–water partition coefficient (Wildman–Crippen LogP) is 3.60. The van der Waals surface area contributed by atoms with Gasteiger partial charge in [-0.2, -0.15) is 0 Å². The molecule has 0 bridgehead atoms. The fraction of sp³-hybridized carbons (Fsp3) is 0.435. The highest BCUT2D eigenvalue weighted by Crippen LogP contribution is 2.29. The van der Waals surface area contributed by atoms with Crippen molar-refractivity contribution in [1.82, 2.24) is 4.90 Å². The van der Waals surface area contributed by atoms with E-state index in [1.165, 1.54) is 11.3 Å². The third-order valence-electron chi connectivity index (χ3n) is 5.80. The van der Waals surface area contributed by atoms with Crippen LogP contribution in [-0.4, -0.2) is 55.4 Å². The van der Waals surface area contributed by atoms with Crippen LogP contribution in [0.1, 0.15) is 40.2 Å². The van der Waals surface area contributed by atoms with Crippen molar-refractivity contribution in [3.63, 3.8) is 0 Å². The SMILES string of the molecule is O=C(O)c1cccc(C2CCCN(Cc3cccc(N4CCOCC4)c3)C2)c1. The van der Waals surface area contributed by atoms with Gasteiger partial charge in [0.25, 0.3) is 0 Å². The van der Waals surface area contributed by atoms with Crippen LogP contribution in [0.2, 0.25) is 0 Å². The second-order valence-electron chi connectivity index (χ2n) is 7.77. The molecule has 148 valence electrons. The number of benzene rings is 2. The first kappa shape index (κ1) is 19.0. The molecule has 1 unspecified atom stereocenters. The zero-order chi connectivity index (χ0) is 19.3. The number of carbonyl (C=O) groups is 1. The number of likely N-dealkylation sites (tertiary alicyclic amines) is 1. The Balaban J connectivity index is 1.42. The van der Waals surface area contributed by atoms with Gasteiger partial charge in [-0.1, -0.05) is 24.3 Å². The van der Waals surface area contributed by atoms with E-state index in [1.807, 2.05) is 12.1 Å². The molecule has 0 aromatic heterocycles. The molecule has 4 rings (SSSR count). The van der Waals surface area contributed by atoms with Gasteiger partial charge in [-0.05, 0) is 60.7 Å². The number of nitrogens with zero attached hydrogens (tertiary/aromatic N) is 2. The maximum Gasteiger partial charge on any atom is 0.335 e. The maximum atomic E-state index is 11.3. The number of piperidine rings is 1. The molecule has 0 saturated carbocycles. The van der Waals surface area contributed by atoms with E-state index < -0.39 is 5.97 Å². The van der Waals surface area contributed by atoms with Gasteiger partial charge in [0, 0.05) is 31.9 Å². The quantitative estimate of drug-likeness (QED) is 0.859. The number of anilines is 1. The molecule has 2 saturated heterocycles. The van der Waals surface area contributed by atoms with Gasteiger partial charge in [-0.25, -0.2) is 4.79 Å². The van der Waals surface area contributed by atoms with Crippen molar-refractivity contribution in [2.24, 2.45) is 0 Å². The molecule has 2 fully saturated rings. The molecule has 28 heavy (non-hydrogen) atoms. The topological polar surface area (TPSA) is 53.0 Å². The standard InChI is InChI=1S/C23H28N2O3/c26-23(27)20-6-2-5-19(15-20)21-7-3-9-24(17-21)16-18-4-1-8-22(14-18)25-10-12-28-13-11-25/h1-2,4-6,8,14-15,21H,3,7,9-13,16-17H2,(H,26,27). The molecular weight excluding hydrogens is 352 g/mol. The molecule has 0 radical (unpaired) electrons.